The molecule has 0 aliphatic rings. The normalized spacial score (nSPS) is 11.9. The molecular formula is C12H15NSi. The summed E-state index contributed by atoms with van der Waals surface area (Å²) in [6.07, 6.45) is 3.78. The molecular weight excluding hydrogens is 186 g/mol. The van der Waals surface area contributed by atoms with E-state index in [1.165, 1.54) is 16.0 Å². The molecule has 1 heterocycles. The van der Waals surface area contributed by atoms with Crippen LogP contribution in [0.15, 0.2) is 36.7 Å². The molecule has 0 atom stereocenters. The van der Waals surface area contributed by atoms with Crippen molar-refractivity contribution in [3.8, 4) is 0 Å². The Morgan fingerprint density at radius 2 is 1.79 bits per heavy atom. The van der Waals surface area contributed by atoms with Gasteiger partial charge in [-0.3, -0.25) is 4.98 Å². The summed E-state index contributed by atoms with van der Waals surface area (Å²) in [6, 6.07) is 8.81. The van der Waals surface area contributed by atoms with Gasteiger partial charge in [-0.2, -0.15) is 0 Å². The van der Waals surface area contributed by atoms with Crippen molar-refractivity contribution in [1.82, 2.24) is 4.98 Å². The highest BCUT2D eigenvalue weighted by atomic mass is 28.3. The maximum absolute atomic E-state index is 4.12. The summed E-state index contributed by atoms with van der Waals surface area (Å²) >= 11 is 0. The Balaban J connectivity index is 2.63. The molecule has 14 heavy (non-hydrogen) atoms. The van der Waals surface area contributed by atoms with E-state index >= 15 is 0 Å². The number of hydrogen-bond acceptors (Lipinski definition) is 1. The average molecular weight is 201 g/mol. The van der Waals surface area contributed by atoms with Crippen molar-refractivity contribution in [2.75, 3.05) is 0 Å². The van der Waals surface area contributed by atoms with Gasteiger partial charge in [0.1, 0.15) is 0 Å². The minimum Gasteiger partial charge on any atom is -0.264 e. The standard InChI is InChI=1S/C12H15NSi/c1-14(2,3)12-5-4-11-9-13-7-6-10(11)8-12/h4-9H,1-3H3. The quantitative estimate of drug-likeness (QED) is 0.647. The number of benzene rings is 1. The highest BCUT2D eigenvalue weighted by molar-refractivity contribution is 6.88. The first kappa shape index (κ1) is 9.40. The van der Waals surface area contributed by atoms with E-state index in [0.29, 0.717) is 0 Å². The summed E-state index contributed by atoms with van der Waals surface area (Å²) in [5, 5.41) is 4.05. The maximum Gasteiger partial charge on any atom is 0.0776 e. The SMILES string of the molecule is C[Si](C)(C)c1ccc2cnccc2c1. The monoisotopic (exact) mass is 201 g/mol. The molecule has 0 N–H and O–H groups in total. The molecule has 0 amide bonds. The molecule has 0 unspecified atom stereocenters. The molecule has 1 nitrogen and oxygen atoms in total. The number of nitrogens with zero attached hydrogens (tertiary/aromatic N) is 1. The number of fused-ring (bicyclic) bond motifs is 1. The largest absolute Gasteiger partial charge is 0.264 e. The second kappa shape index (κ2) is 3.21. The molecule has 0 aliphatic heterocycles. The van der Waals surface area contributed by atoms with E-state index in [2.05, 4.69) is 48.9 Å². The van der Waals surface area contributed by atoms with Gasteiger partial charge < -0.3 is 0 Å². The molecule has 0 bridgehead atoms. The molecule has 0 aliphatic carbocycles. The van der Waals surface area contributed by atoms with Crippen molar-refractivity contribution >= 4 is 24.0 Å². The Hall–Kier alpha value is -1.15. The third-order valence-electron chi connectivity index (χ3n) is 2.51. The minimum atomic E-state index is -1.17. The van der Waals surface area contributed by atoms with Gasteiger partial charge in [0.2, 0.25) is 0 Å². The van der Waals surface area contributed by atoms with Crippen molar-refractivity contribution in [2.45, 2.75) is 19.6 Å². The van der Waals surface area contributed by atoms with E-state index in [-0.39, 0.29) is 0 Å². The third-order valence-corrected chi connectivity index (χ3v) is 4.55. The van der Waals surface area contributed by atoms with E-state index in [4.69, 9.17) is 0 Å². The Kier molecular flexibility index (Phi) is 2.15. The lowest BCUT2D eigenvalue weighted by atomic mass is 10.2. The fraction of sp³-hybridized carbons (Fsp3) is 0.250. The summed E-state index contributed by atoms with van der Waals surface area (Å²) in [7, 11) is -1.17. The summed E-state index contributed by atoms with van der Waals surface area (Å²) in [5.74, 6) is 0. The molecule has 1 aromatic heterocycles. The van der Waals surface area contributed by atoms with Crippen molar-refractivity contribution in [3.05, 3.63) is 36.7 Å². The third kappa shape index (κ3) is 1.70. The fourth-order valence-electron chi connectivity index (χ4n) is 1.55. The van der Waals surface area contributed by atoms with Crippen LogP contribution in [0.2, 0.25) is 19.6 Å². The van der Waals surface area contributed by atoms with E-state index in [0.717, 1.165) is 0 Å². The van der Waals surface area contributed by atoms with Gasteiger partial charge in [0.15, 0.2) is 0 Å². The molecule has 0 spiro atoms. The Labute approximate surface area is 85.8 Å². The van der Waals surface area contributed by atoms with Crippen LogP contribution in [0.5, 0.6) is 0 Å². The molecule has 72 valence electrons. The van der Waals surface area contributed by atoms with Gasteiger partial charge in [0.25, 0.3) is 0 Å². The lowest BCUT2D eigenvalue weighted by Crippen LogP contribution is -2.37. The fourth-order valence-corrected chi connectivity index (χ4v) is 2.72. The Morgan fingerprint density at radius 3 is 2.50 bits per heavy atom. The van der Waals surface area contributed by atoms with Gasteiger partial charge >= 0.3 is 0 Å². The topological polar surface area (TPSA) is 12.9 Å². The van der Waals surface area contributed by atoms with E-state index in [1.807, 2.05) is 12.4 Å². The zero-order valence-corrected chi connectivity index (χ0v) is 9.91. The summed E-state index contributed by atoms with van der Waals surface area (Å²) in [4.78, 5) is 4.12. The molecule has 0 saturated carbocycles. The zero-order valence-electron chi connectivity index (χ0n) is 8.91. The molecule has 1 aromatic carbocycles. The van der Waals surface area contributed by atoms with E-state index in [1.54, 1.807) is 0 Å². The smallest absolute Gasteiger partial charge is 0.0776 e. The first-order valence-corrected chi connectivity index (χ1v) is 8.42. The predicted molar refractivity (Wildman–Crippen MR) is 64.7 cm³/mol. The van der Waals surface area contributed by atoms with Gasteiger partial charge in [-0.15, -0.1) is 0 Å². The number of rotatable bonds is 1. The summed E-state index contributed by atoms with van der Waals surface area (Å²) < 4.78 is 0. The average Bonchev–Trinajstić information content (AvgIpc) is 2.16. The highest BCUT2D eigenvalue weighted by Crippen LogP contribution is 2.12. The molecule has 2 heteroatoms. The molecule has 2 aromatic rings. The molecule has 0 radical (unpaired) electrons. The lowest BCUT2D eigenvalue weighted by molar-refractivity contribution is 1.36. The lowest BCUT2D eigenvalue weighted by Gasteiger charge is -2.16. The number of pyridine rings is 1. The summed E-state index contributed by atoms with van der Waals surface area (Å²) in [5.41, 5.74) is 0. The number of aromatic nitrogens is 1. The Morgan fingerprint density at radius 1 is 1.00 bits per heavy atom. The molecule has 0 fully saturated rings. The van der Waals surface area contributed by atoms with Crippen LogP contribution in [0.3, 0.4) is 0 Å². The first-order chi connectivity index (χ1) is 6.57. The van der Waals surface area contributed by atoms with Crippen LogP contribution in [0.4, 0.5) is 0 Å². The van der Waals surface area contributed by atoms with Gasteiger partial charge in [0, 0.05) is 12.4 Å². The maximum atomic E-state index is 4.12. The predicted octanol–water partition coefficient (Wildman–Crippen LogP) is 2.78. The van der Waals surface area contributed by atoms with Crippen LogP contribution < -0.4 is 5.19 Å². The summed E-state index contributed by atoms with van der Waals surface area (Å²) in [6.45, 7) is 7.11. The van der Waals surface area contributed by atoms with Crippen LogP contribution in [0, 0.1) is 0 Å². The van der Waals surface area contributed by atoms with E-state index in [9.17, 15) is 0 Å². The van der Waals surface area contributed by atoms with E-state index < -0.39 is 8.07 Å². The minimum absolute atomic E-state index is 1.17. The van der Waals surface area contributed by atoms with Crippen molar-refractivity contribution in [3.63, 3.8) is 0 Å². The van der Waals surface area contributed by atoms with Crippen molar-refractivity contribution in [1.29, 1.82) is 0 Å². The van der Waals surface area contributed by atoms with Crippen LogP contribution >= 0.6 is 0 Å². The Bertz CT molecular complexity index is 457. The molecule has 2 rings (SSSR count). The van der Waals surface area contributed by atoms with Crippen LogP contribution in [-0.4, -0.2) is 13.1 Å². The van der Waals surface area contributed by atoms with Crippen molar-refractivity contribution < 1.29 is 0 Å². The molecule has 0 saturated heterocycles. The van der Waals surface area contributed by atoms with Crippen molar-refractivity contribution in [2.24, 2.45) is 0 Å². The van der Waals surface area contributed by atoms with Gasteiger partial charge in [-0.1, -0.05) is 43.0 Å². The first-order valence-electron chi connectivity index (χ1n) is 4.92. The zero-order chi connectivity index (χ0) is 10.2. The van der Waals surface area contributed by atoms with Gasteiger partial charge in [-0.25, -0.2) is 0 Å². The number of hydrogen-bond donors (Lipinski definition) is 0. The second-order valence-corrected chi connectivity index (χ2v) is 9.76. The van der Waals surface area contributed by atoms with Gasteiger partial charge in [-0.05, 0) is 16.8 Å². The second-order valence-electron chi connectivity index (χ2n) is 4.69. The van der Waals surface area contributed by atoms with Gasteiger partial charge in [0.05, 0.1) is 8.07 Å². The highest BCUT2D eigenvalue weighted by Gasteiger charge is 2.15. The van der Waals surface area contributed by atoms with Crippen LogP contribution in [0.25, 0.3) is 10.8 Å². The van der Waals surface area contributed by atoms with Crippen LogP contribution in [-0.2, 0) is 0 Å². The van der Waals surface area contributed by atoms with Crippen LogP contribution in [0.1, 0.15) is 0 Å².